The van der Waals surface area contributed by atoms with Crippen molar-refractivity contribution in [3.63, 3.8) is 0 Å². The van der Waals surface area contributed by atoms with Crippen molar-refractivity contribution in [3.05, 3.63) is 58.1 Å². The third kappa shape index (κ3) is 4.48. The number of anilines is 1. The highest BCUT2D eigenvalue weighted by Gasteiger charge is 2.21. The van der Waals surface area contributed by atoms with Crippen LogP contribution in [0.4, 0.5) is 5.69 Å². The summed E-state index contributed by atoms with van der Waals surface area (Å²) in [7, 11) is -3.52. The van der Waals surface area contributed by atoms with E-state index in [4.69, 9.17) is 0 Å². The fourth-order valence-electron chi connectivity index (χ4n) is 2.42. The molecule has 1 amide bonds. The molecule has 0 aromatic heterocycles. The molecule has 0 spiro atoms. The van der Waals surface area contributed by atoms with Crippen molar-refractivity contribution >= 4 is 37.5 Å². The van der Waals surface area contributed by atoms with Crippen molar-refractivity contribution in [1.82, 2.24) is 4.31 Å². The average Bonchev–Trinajstić information content (AvgIpc) is 2.59. The normalized spacial score (nSPS) is 11.6. The third-order valence-corrected chi connectivity index (χ3v) is 6.83. The van der Waals surface area contributed by atoms with Crippen LogP contribution in [0.25, 0.3) is 0 Å². The molecule has 0 atom stereocenters. The van der Waals surface area contributed by atoms with E-state index in [0.29, 0.717) is 24.3 Å². The number of sulfonamides is 1. The first-order valence-corrected chi connectivity index (χ1v) is 10.2. The number of carbonyl (C=O) groups excluding carboxylic acids is 1. The molecule has 0 saturated carbocycles. The lowest BCUT2D eigenvalue weighted by molar-refractivity contribution is 0.102. The molecule has 134 valence electrons. The van der Waals surface area contributed by atoms with Crippen LogP contribution in [0.2, 0.25) is 0 Å². The summed E-state index contributed by atoms with van der Waals surface area (Å²) in [5, 5.41) is 2.81. The van der Waals surface area contributed by atoms with E-state index >= 15 is 0 Å². The van der Waals surface area contributed by atoms with Crippen LogP contribution in [0.5, 0.6) is 0 Å². The second-order valence-electron chi connectivity index (χ2n) is 5.53. The quantitative estimate of drug-likeness (QED) is 0.760. The Morgan fingerprint density at radius 3 is 2.20 bits per heavy atom. The van der Waals surface area contributed by atoms with Crippen molar-refractivity contribution in [2.45, 2.75) is 25.7 Å². The largest absolute Gasteiger partial charge is 0.322 e. The number of nitrogens with zero attached hydrogens (tertiary/aromatic N) is 1. The van der Waals surface area contributed by atoms with Gasteiger partial charge < -0.3 is 5.32 Å². The number of hydrogen-bond donors (Lipinski definition) is 1. The predicted molar refractivity (Wildman–Crippen MR) is 103 cm³/mol. The maximum absolute atomic E-state index is 12.5. The Kier molecular flexibility index (Phi) is 6.37. The van der Waals surface area contributed by atoms with Crippen LogP contribution in [-0.4, -0.2) is 31.7 Å². The molecule has 0 aliphatic carbocycles. The molecular formula is C18H21BrN2O3S. The number of rotatable bonds is 6. The summed E-state index contributed by atoms with van der Waals surface area (Å²) < 4.78 is 27.3. The number of amides is 1. The van der Waals surface area contributed by atoms with Crippen molar-refractivity contribution < 1.29 is 13.2 Å². The third-order valence-electron chi connectivity index (χ3n) is 3.88. The molecule has 0 heterocycles. The zero-order valence-corrected chi connectivity index (χ0v) is 16.8. The molecule has 0 radical (unpaired) electrons. The fraction of sp³-hybridized carbons (Fsp3) is 0.278. The second-order valence-corrected chi connectivity index (χ2v) is 8.32. The average molecular weight is 425 g/mol. The molecule has 5 nitrogen and oxygen atoms in total. The molecule has 0 saturated heterocycles. The highest BCUT2D eigenvalue weighted by molar-refractivity contribution is 9.10. The lowest BCUT2D eigenvalue weighted by atomic mass is 10.2. The minimum Gasteiger partial charge on any atom is -0.322 e. The van der Waals surface area contributed by atoms with Gasteiger partial charge in [-0.3, -0.25) is 4.79 Å². The minimum absolute atomic E-state index is 0.187. The lowest BCUT2D eigenvalue weighted by Crippen LogP contribution is -2.30. The fourth-order valence-corrected chi connectivity index (χ4v) is 4.12. The van der Waals surface area contributed by atoms with Crippen LogP contribution >= 0.6 is 15.9 Å². The van der Waals surface area contributed by atoms with Gasteiger partial charge in [-0.05, 0) is 55.0 Å². The number of hydrogen-bond acceptors (Lipinski definition) is 3. The molecule has 2 rings (SSSR count). The Hall–Kier alpha value is -1.70. The lowest BCUT2D eigenvalue weighted by Gasteiger charge is -2.18. The van der Waals surface area contributed by atoms with Crippen molar-refractivity contribution in [1.29, 1.82) is 0 Å². The molecule has 25 heavy (non-hydrogen) atoms. The first-order chi connectivity index (χ1) is 11.8. The second kappa shape index (κ2) is 8.12. The number of halogens is 1. The van der Waals surface area contributed by atoms with Gasteiger partial charge in [0.05, 0.1) is 4.90 Å². The van der Waals surface area contributed by atoms with Crippen molar-refractivity contribution in [2.24, 2.45) is 0 Å². The highest BCUT2D eigenvalue weighted by atomic mass is 79.9. The van der Waals surface area contributed by atoms with Crippen LogP contribution in [0.3, 0.4) is 0 Å². The molecule has 2 aromatic carbocycles. The van der Waals surface area contributed by atoms with Gasteiger partial charge >= 0.3 is 0 Å². The monoisotopic (exact) mass is 424 g/mol. The summed E-state index contributed by atoms with van der Waals surface area (Å²) in [5.74, 6) is -0.284. The van der Waals surface area contributed by atoms with Gasteiger partial charge in [0.2, 0.25) is 10.0 Å². The van der Waals surface area contributed by atoms with Crippen LogP contribution in [0.15, 0.2) is 51.8 Å². The van der Waals surface area contributed by atoms with Gasteiger partial charge in [-0.25, -0.2) is 8.42 Å². The van der Waals surface area contributed by atoms with Gasteiger partial charge in [-0.15, -0.1) is 0 Å². The topological polar surface area (TPSA) is 66.5 Å². The van der Waals surface area contributed by atoms with Gasteiger partial charge in [0, 0.05) is 28.8 Å². The molecule has 0 bridgehead atoms. The van der Waals surface area contributed by atoms with Gasteiger partial charge in [-0.1, -0.05) is 29.8 Å². The zero-order chi connectivity index (χ0) is 18.6. The van der Waals surface area contributed by atoms with E-state index in [1.54, 1.807) is 19.9 Å². The summed E-state index contributed by atoms with van der Waals surface area (Å²) in [6, 6.07) is 11.5. The summed E-state index contributed by atoms with van der Waals surface area (Å²) in [5.41, 5.74) is 2.10. The number of carbonyl (C=O) groups is 1. The zero-order valence-electron chi connectivity index (χ0n) is 14.4. The first-order valence-electron chi connectivity index (χ1n) is 7.97. The van der Waals surface area contributed by atoms with E-state index in [9.17, 15) is 13.2 Å². The van der Waals surface area contributed by atoms with E-state index in [-0.39, 0.29) is 10.8 Å². The Balaban J connectivity index is 2.19. The molecule has 0 aliphatic heterocycles. The number of nitrogens with one attached hydrogen (secondary N) is 1. The van der Waals surface area contributed by atoms with Crippen molar-refractivity contribution in [3.8, 4) is 0 Å². The van der Waals surface area contributed by atoms with Gasteiger partial charge in [0.15, 0.2) is 0 Å². The van der Waals surface area contributed by atoms with Crippen molar-refractivity contribution in [2.75, 3.05) is 18.4 Å². The van der Waals surface area contributed by atoms with Gasteiger partial charge in [0.1, 0.15) is 0 Å². The smallest absolute Gasteiger partial charge is 0.255 e. The molecule has 0 unspecified atom stereocenters. The summed E-state index contributed by atoms with van der Waals surface area (Å²) in [4.78, 5) is 12.5. The van der Waals surface area contributed by atoms with E-state index in [0.717, 1.165) is 10.0 Å². The maximum Gasteiger partial charge on any atom is 0.255 e. The maximum atomic E-state index is 12.5. The summed E-state index contributed by atoms with van der Waals surface area (Å²) in [6.07, 6.45) is 0. The van der Waals surface area contributed by atoms with Crippen LogP contribution in [0, 0.1) is 6.92 Å². The van der Waals surface area contributed by atoms with E-state index in [1.165, 1.54) is 28.6 Å². The predicted octanol–water partition coefficient (Wildman–Crippen LogP) is 4.04. The van der Waals surface area contributed by atoms with E-state index in [1.807, 2.05) is 19.1 Å². The molecule has 7 heteroatoms. The van der Waals surface area contributed by atoms with Crippen LogP contribution in [-0.2, 0) is 10.0 Å². The Labute approximate surface area is 157 Å². The Bertz CT molecular complexity index is 860. The molecule has 0 aliphatic rings. The Morgan fingerprint density at radius 2 is 1.68 bits per heavy atom. The molecule has 1 N–H and O–H groups in total. The number of benzene rings is 2. The number of aryl methyl sites for hydroxylation is 1. The highest BCUT2D eigenvalue weighted by Crippen LogP contribution is 2.21. The summed E-state index contributed by atoms with van der Waals surface area (Å²) >= 11 is 3.42. The van der Waals surface area contributed by atoms with E-state index in [2.05, 4.69) is 21.2 Å². The SMILES string of the molecule is CCN(CC)S(=O)(=O)c1ccc(C(=O)Nc2ccc(Br)c(C)c2)cc1. The first kappa shape index (κ1) is 19.6. The Morgan fingerprint density at radius 1 is 1.08 bits per heavy atom. The molecular weight excluding hydrogens is 404 g/mol. The summed E-state index contributed by atoms with van der Waals surface area (Å²) in [6.45, 7) is 6.34. The van der Waals surface area contributed by atoms with E-state index < -0.39 is 10.0 Å². The van der Waals surface area contributed by atoms with Crippen LogP contribution in [0.1, 0.15) is 29.8 Å². The van der Waals surface area contributed by atoms with Crippen LogP contribution < -0.4 is 5.32 Å². The minimum atomic E-state index is -3.52. The standard InChI is InChI=1S/C18H21BrN2O3S/c1-4-21(5-2)25(23,24)16-9-6-14(7-10-16)18(22)20-15-8-11-17(19)13(3)12-15/h6-12H,4-5H2,1-3H3,(H,20,22). The molecule has 2 aromatic rings. The van der Waals surface area contributed by atoms with Gasteiger partial charge in [-0.2, -0.15) is 4.31 Å². The molecule has 0 fully saturated rings. The van der Waals surface area contributed by atoms with Gasteiger partial charge in [0.25, 0.3) is 5.91 Å².